The monoisotopic (exact) mass is 665 g/mol. The summed E-state index contributed by atoms with van der Waals surface area (Å²) in [5.41, 5.74) is 10.2. The van der Waals surface area contributed by atoms with Crippen molar-refractivity contribution >= 4 is 41.7 Å². The number of nitrogens with one attached hydrogen (secondary N) is 1. The number of pyridine rings is 1. The van der Waals surface area contributed by atoms with E-state index in [0.29, 0.717) is 25.1 Å². The number of methoxy groups -OCH3 is 2. The van der Waals surface area contributed by atoms with Crippen LogP contribution in [0.15, 0.2) is 54.7 Å². The van der Waals surface area contributed by atoms with Crippen LogP contribution in [0.3, 0.4) is 0 Å². The van der Waals surface area contributed by atoms with Gasteiger partial charge in [0.1, 0.15) is 11.5 Å². The second-order valence-corrected chi connectivity index (χ2v) is 10.1. The number of aryl methyl sites for hydroxylation is 4. The molecule has 0 saturated carbocycles. The van der Waals surface area contributed by atoms with Gasteiger partial charge in [-0.3, -0.25) is 14.6 Å². The van der Waals surface area contributed by atoms with Crippen LogP contribution < -0.4 is 20.5 Å². The van der Waals surface area contributed by atoms with E-state index in [9.17, 15) is 14.4 Å². The van der Waals surface area contributed by atoms with Crippen molar-refractivity contribution < 1.29 is 33.7 Å². The molecule has 1 aromatic heterocycles. The SMILES string of the molecule is CCOC(=O)C(O)Cl.COc1cc(C)ccc1CN.COc1cc(C)ccc1CNC(=O)C(=O)CCCc1ccc(C)cn1.Cl. The zero-order valence-corrected chi connectivity index (χ0v) is 28.3. The Bertz CT molecular complexity index is 1340. The first-order valence-corrected chi connectivity index (χ1v) is 14.6. The van der Waals surface area contributed by atoms with Crippen molar-refractivity contribution in [3.63, 3.8) is 0 Å². The Hall–Kier alpha value is -3.70. The third-order valence-corrected chi connectivity index (χ3v) is 6.27. The number of esters is 1. The Balaban J connectivity index is 0.000000798. The number of hydrogen-bond donors (Lipinski definition) is 3. The van der Waals surface area contributed by atoms with E-state index in [1.54, 1.807) is 27.3 Å². The van der Waals surface area contributed by atoms with Gasteiger partial charge in [0, 0.05) is 42.5 Å². The maximum Gasteiger partial charge on any atom is 0.350 e. The van der Waals surface area contributed by atoms with Crippen molar-refractivity contribution in [2.75, 3.05) is 20.8 Å². The third kappa shape index (κ3) is 16.3. The smallest absolute Gasteiger partial charge is 0.350 e. The molecular formula is C33H45Cl2N3O7. The van der Waals surface area contributed by atoms with Gasteiger partial charge >= 0.3 is 5.97 Å². The van der Waals surface area contributed by atoms with Gasteiger partial charge in [0.15, 0.2) is 0 Å². The van der Waals surface area contributed by atoms with Crippen molar-refractivity contribution in [1.29, 1.82) is 0 Å². The molecule has 1 atom stereocenters. The van der Waals surface area contributed by atoms with E-state index in [0.717, 1.165) is 33.7 Å². The molecule has 248 valence electrons. The quantitative estimate of drug-likeness (QED) is 0.139. The molecule has 0 aliphatic heterocycles. The topological polar surface area (TPSA) is 150 Å². The number of hydrogen-bond acceptors (Lipinski definition) is 9. The highest BCUT2D eigenvalue weighted by molar-refractivity contribution is 6.36. The molecule has 0 bridgehead atoms. The number of aliphatic hydroxyl groups excluding tert-OH is 1. The second-order valence-electron chi connectivity index (χ2n) is 9.71. The van der Waals surface area contributed by atoms with Crippen LogP contribution in [0.5, 0.6) is 11.5 Å². The summed E-state index contributed by atoms with van der Waals surface area (Å²) in [6, 6.07) is 15.7. The molecule has 0 fully saturated rings. The molecule has 2 aromatic carbocycles. The van der Waals surface area contributed by atoms with Crippen molar-refractivity contribution in [2.45, 2.75) is 65.6 Å². The van der Waals surface area contributed by atoms with Gasteiger partial charge in [0.25, 0.3) is 5.91 Å². The summed E-state index contributed by atoms with van der Waals surface area (Å²) in [5, 5.41) is 10.9. The second kappa shape index (κ2) is 22.8. The number of nitrogens with two attached hydrogens (primary N) is 1. The number of Topliss-reactive ketones (excluding diaryl/α,β-unsaturated/α-hetero) is 1. The maximum absolute atomic E-state index is 12.0. The van der Waals surface area contributed by atoms with E-state index in [1.165, 1.54) is 5.56 Å². The summed E-state index contributed by atoms with van der Waals surface area (Å²) in [6.07, 6.45) is 3.31. The number of alkyl halides is 1. The largest absolute Gasteiger partial charge is 0.496 e. The molecule has 12 heteroatoms. The minimum atomic E-state index is -1.52. The molecule has 0 aliphatic rings. The average Bonchev–Trinajstić information content (AvgIpc) is 3.01. The first kappa shape index (κ1) is 41.3. The molecule has 3 rings (SSSR count). The van der Waals surface area contributed by atoms with Gasteiger partial charge in [0.2, 0.25) is 11.3 Å². The van der Waals surface area contributed by atoms with Gasteiger partial charge in [-0.25, -0.2) is 4.79 Å². The zero-order chi connectivity index (χ0) is 33.1. The van der Waals surface area contributed by atoms with Gasteiger partial charge in [-0.05, 0) is 75.4 Å². The lowest BCUT2D eigenvalue weighted by Crippen LogP contribution is -2.30. The Kier molecular flexibility index (Phi) is 20.9. The van der Waals surface area contributed by atoms with Crippen LogP contribution in [0.25, 0.3) is 0 Å². The molecule has 0 saturated heterocycles. The standard InChI is InChI=1S/C20H24N2O3.C9H13NO.C4H7ClO3.ClH/c1-14-7-9-16(19(11-14)25-3)13-22-20(24)18(23)6-4-5-17-10-8-15(2)12-21-17;1-7-3-4-8(6-10)9(5-7)11-2;1-2-8-4(7)3(5)6;/h7-12H,4-6,13H2,1-3H3,(H,22,24);3-5H,6,10H2,1-2H3;3,6H,2H2,1H3;1H. The summed E-state index contributed by atoms with van der Waals surface area (Å²) in [6.45, 7) is 8.66. The number of benzene rings is 2. The van der Waals surface area contributed by atoms with E-state index in [4.69, 9.17) is 31.9 Å². The van der Waals surface area contributed by atoms with Gasteiger partial charge in [-0.15, -0.1) is 12.4 Å². The maximum atomic E-state index is 12.0. The van der Waals surface area contributed by atoms with Crippen molar-refractivity contribution in [1.82, 2.24) is 10.3 Å². The number of carbonyl (C=O) groups is 3. The van der Waals surface area contributed by atoms with E-state index in [1.807, 2.05) is 69.3 Å². The van der Waals surface area contributed by atoms with Crippen LogP contribution >= 0.6 is 24.0 Å². The van der Waals surface area contributed by atoms with Gasteiger partial charge in [0.05, 0.1) is 20.8 Å². The lowest BCUT2D eigenvalue weighted by molar-refractivity contribution is -0.148. The number of nitrogens with zero attached hydrogens (tertiary/aromatic N) is 1. The molecular weight excluding hydrogens is 621 g/mol. The first-order valence-electron chi connectivity index (χ1n) is 14.1. The molecule has 0 aliphatic carbocycles. The van der Waals surface area contributed by atoms with E-state index in [2.05, 4.69) is 15.0 Å². The van der Waals surface area contributed by atoms with Crippen LogP contribution in [0, 0.1) is 20.8 Å². The molecule has 1 amide bonds. The van der Waals surface area contributed by atoms with Crippen molar-refractivity contribution in [3.05, 3.63) is 88.2 Å². The van der Waals surface area contributed by atoms with Crippen LogP contribution in [-0.2, 0) is 38.6 Å². The average molecular weight is 667 g/mol. The number of ketones is 1. The minimum Gasteiger partial charge on any atom is -0.496 e. The van der Waals surface area contributed by atoms with Crippen LogP contribution in [0.2, 0.25) is 0 Å². The van der Waals surface area contributed by atoms with E-state index >= 15 is 0 Å². The number of carbonyl (C=O) groups excluding carboxylic acids is 3. The van der Waals surface area contributed by atoms with Crippen molar-refractivity contribution in [2.24, 2.45) is 5.73 Å². The van der Waals surface area contributed by atoms with Gasteiger partial charge < -0.3 is 30.4 Å². The highest BCUT2D eigenvalue weighted by atomic mass is 35.5. The van der Waals surface area contributed by atoms with Crippen LogP contribution in [0.1, 0.15) is 53.3 Å². The molecule has 4 N–H and O–H groups in total. The predicted octanol–water partition coefficient (Wildman–Crippen LogP) is 4.91. The lowest BCUT2D eigenvalue weighted by Gasteiger charge is -2.10. The Morgan fingerprint density at radius 2 is 1.49 bits per heavy atom. The summed E-state index contributed by atoms with van der Waals surface area (Å²) in [5.74, 6) is -0.169. The zero-order valence-electron chi connectivity index (χ0n) is 26.7. The van der Waals surface area contributed by atoms with Crippen LogP contribution in [0.4, 0.5) is 0 Å². The number of ether oxygens (including phenoxy) is 3. The molecule has 0 spiro atoms. The lowest BCUT2D eigenvalue weighted by atomic mass is 10.1. The third-order valence-electron chi connectivity index (χ3n) is 6.09. The molecule has 10 nitrogen and oxygen atoms in total. The van der Waals surface area contributed by atoms with Crippen molar-refractivity contribution in [3.8, 4) is 11.5 Å². The van der Waals surface area contributed by atoms with Crippen LogP contribution in [-0.4, -0.2) is 54.1 Å². The summed E-state index contributed by atoms with van der Waals surface area (Å²) < 4.78 is 14.7. The summed E-state index contributed by atoms with van der Waals surface area (Å²) in [4.78, 5) is 38.3. The number of aromatic nitrogens is 1. The number of aliphatic hydroxyl groups is 1. The number of rotatable bonds is 12. The molecule has 1 unspecified atom stereocenters. The molecule has 3 aromatic rings. The van der Waals surface area contributed by atoms with Gasteiger partial charge in [-0.1, -0.05) is 41.9 Å². The normalized spacial score (nSPS) is 10.4. The number of halogens is 2. The van der Waals surface area contributed by atoms with E-state index < -0.39 is 23.2 Å². The number of amides is 1. The fourth-order valence-corrected chi connectivity index (χ4v) is 3.76. The Labute approximate surface area is 277 Å². The Morgan fingerprint density at radius 3 is 1.96 bits per heavy atom. The highest BCUT2D eigenvalue weighted by Gasteiger charge is 2.14. The van der Waals surface area contributed by atoms with Gasteiger partial charge in [-0.2, -0.15) is 0 Å². The van der Waals surface area contributed by atoms with E-state index in [-0.39, 0.29) is 32.0 Å². The highest BCUT2D eigenvalue weighted by Crippen LogP contribution is 2.20. The summed E-state index contributed by atoms with van der Waals surface area (Å²) in [7, 11) is 3.25. The Morgan fingerprint density at radius 1 is 0.933 bits per heavy atom. The molecule has 45 heavy (non-hydrogen) atoms. The first-order chi connectivity index (χ1) is 20.9. The summed E-state index contributed by atoms with van der Waals surface area (Å²) >= 11 is 4.89. The molecule has 0 radical (unpaired) electrons. The fourth-order valence-electron chi connectivity index (χ4n) is 3.69. The predicted molar refractivity (Wildman–Crippen MR) is 178 cm³/mol. The fraction of sp³-hybridized carbons (Fsp3) is 0.394. The molecule has 1 heterocycles. The minimum absolute atomic E-state index is 0.